The Hall–Kier alpha value is -4.04. The van der Waals surface area contributed by atoms with Crippen molar-refractivity contribution in [1.82, 2.24) is 9.88 Å². The summed E-state index contributed by atoms with van der Waals surface area (Å²) in [6.07, 6.45) is 4.47. The summed E-state index contributed by atoms with van der Waals surface area (Å²) >= 11 is 0. The monoisotopic (exact) mass is 546 g/mol. The van der Waals surface area contributed by atoms with Gasteiger partial charge < -0.3 is 19.7 Å². The summed E-state index contributed by atoms with van der Waals surface area (Å²) in [5, 5.41) is 13.5. The van der Waals surface area contributed by atoms with Gasteiger partial charge in [-0.1, -0.05) is 24.3 Å². The Labute approximate surface area is 231 Å². The molecule has 8 heteroatoms. The Morgan fingerprint density at radius 3 is 2.50 bits per heavy atom. The molecule has 0 atom stereocenters. The molecule has 1 aliphatic rings. The van der Waals surface area contributed by atoms with Crippen LogP contribution in [0.15, 0.2) is 72.9 Å². The fourth-order valence-electron chi connectivity index (χ4n) is 5.47. The summed E-state index contributed by atoms with van der Waals surface area (Å²) in [6.45, 7) is 1.43. The second kappa shape index (κ2) is 12.0. The zero-order valence-corrected chi connectivity index (χ0v) is 22.2. The number of amides is 1. The molecule has 0 bridgehead atoms. The molecule has 1 amide bonds. The van der Waals surface area contributed by atoms with Gasteiger partial charge in [-0.3, -0.25) is 9.59 Å². The fourth-order valence-corrected chi connectivity index (χ4v) is 5.47. The Morgan fingerprint density at radius 1 is 0.925 bits per heavy atom. The number of halogens is 2. The Bertz CT molecular complexity index is 1520. The van der Waals surface area contributed by atoms with Crippen molar-refractivity contribution in [3.05, 3.63) is 107 Å². The van der Waals surface area contributed by atoms with Crippen LogP contribution in [0.2, 0.25) is 0 Å². The van der Waals surface area contributed by atoms with Crippen LogP contribution in [0, 0.1) is 11.6 Å². The van der Waals surface area contributed by atoms with E-state index in [0.29, 0.717) is 56.6 Å². The molecule has 0 radical (unpaired) electrons. The number of carboxylic acids is 1. The standard InChI is InChI=1S/C32H32F2N2O4/c33-26-3-1-2-22(18-26)10-12-32(13-16-40-17-14-32)35-31(39)28-19-23(4-5-24(28)7-9-30(37)38)21-36-15-11-25-6-8-27(34)20-29(25)36/h1-6,8,11,15,18-20H,7,9-10,12-14,16-17,21H2,(H,35,39)(H,37,38). The van der Waals surface area contributed by atoms with Gasteiger partial charge in [-0.25, -0.2) is 8.78 Å². The van der Waals surface area contributed by atoms with E-state index in [4.69, 9.17) is 4.74 Å². The third-order valence-electron chi connectivity index (χ3n) is 7.73. The number of hydrogen-bond donors (Lipinski definition) is 2. The molecule has 2 N–H and O–H groups in total. The predicted molar refractivity (Wildman–Crippen MR) is 148 cm³/mol. The van der Waals surface area contributed by atoms with Gasteiger partial charge in [0, 0.05) is 43.5 Å². The fraction of sp³-hybridized carbons (Fsp3) is 0.312. The molecular weight excluding hydrogens is 514 g/mol. The highest BCUT2D eigenvalue weighted by molar-refractivity contribution is 5.96. The van der Waals surface area contributed by atoms with E-state index in [0.717, 1.165) is 22.0 Å². The number of carboxylic acid groups (broad SMARTS) is 1. The number of carbonyl (C=O) groups excluding carboxylic acids is 1. The third-order valence-corrected chi connectivity index (χ3v) is 7.73. The largest absolute Gasteiger partial charge is 0.481 e. The molecule has 6 nitrogen and oxygen atoms in total. The zero-order chi connectivity index (χ0) is 28.1. The lowest BCUT2D eigenvalue weighted by molar-refractivity contribution is -0.136. The molecule has 40 heavy (non-hydrogen) atoms. The number of carbonyl (C=O) groups is 2. The van der Waals surface area contributed by atoms with Gasteiger partial charge in [-0.05, 0) is 96.6 Å². The van der Waals surface area contributed by atoms with Crippen LogP contribution in [0.4, 0.5) is 8.78 Å². The minimum atomic E-state index is -0.938. The van der Waals surface area contributed by atoms with Crippen LogP contribution in [-0.4, -0.2) is 40.3 Å². The molecule has 5 rings (SSSR count). The zero-order valence-electron chi connectivity index (χ0n) is 22.2. The van der Waals surface area contributed by atoms with Crippen LogP contribution >= 0.6 is 0 Å². The Balaban J connectivity index is 1.41. The molecular formula is C32H32F2N2O4. The molecule has 1 aliphatic heterocycles. The van der Waals surface area contributed by atoms with Crippen molar-refractivity contribution in [2.75, 3.05) is 13.2 Å². The summed E-state index contributed by atoms with van der Waals surface area (Å²) in [5.74, 6) is -1.82. The normalized spacial score (nSPS) is 14.8. The second-order valence-electron chi connectivity index (χ2n) is 10.5. The number of benzene rings is 3. The van der Waals surface area contributed by atoms with Gasteiger partial charge in [-0.2, -0.15) is 0 Å². The van der Waals surface area contributed by atoms with Gasteiger partial charge in [0.2, 0.25) is 0 Å². The third kappa shape index (κ3) is 6.57. The van der Waals surface area contributed by atoms with E-state index in [9.17, 15) is 23.5 Å². The molecule has 0 saturated carbocycles. The highest BCUT2D eigenvalue weighted by atomic mass is 19.1. The summed E-state index contributed by atoms with van der Waals surface area (Å²) < 4.78 is 35.2. The molecule has 1 aromatic heterocycles. The molecule has 2 heterocycles. The first-order valence-electron chi connectivity index (χ1n) is 13.5. The van der Waals surface area contributed by atoms with Crippen molar-refractivity contribution < 1.29 is 28.2 Å². The van der Waals surface area contributed by atoms with Gasteiger partial charge in [0.15, 0.2) is 0 Å². The second-order valence-corrected chi connectivity index (χ2v) is 10.5. The van der Waals surface area contributed by atoms with Gasteiger partial charge in [0.1, 0.15) is 11.6 Å². The minimum absolute atomic E-state index is 0.0975. The van der Waals surface area contributed by atoms with Crippen LogP contribution in [0.25, 0.3) is 10.9 Å². The molecule has 0 unspecified atom stereocenters. The van der Waals surface area contributed by atoms with Crippen molar-refractivity contribution in [3.63, 3.8) is 0 Å². The molecule has 0 spiro atoms. The smallest absolute Gasteiger partial charge is 0.303 e. The number of nitrogens with zero attached hydrogens (tertiary/aromatic N) is 1. The molecule has 208 valence electrons. The van der Waals surface area contributed by atoms with Crippen LogP contribution in [0.3, 0.4) is 0 Å². The molecule has 3 aromatic carbocycles. The highest BCUT2D eigenvalue weighted by Gasteiger charge is 2.34. The van der Waals surface area contributed by atoms with Crippen LogP contribution in [0.1, 0.15) is 52.7 Å². The number of nitrogens with one attached hydrogen (secondary N) is 1. The quantitative estimate of drug-likeness (QED) is 0.260. The van der Waals surface area contributed by atoms with Crippen LogP contribution < -0.4 is 5.32 Å². The average molecular weight is 547 g/mol. The lowest BCUT2D eigenvalue weighted by Crippen LogP contribution is -2.52. The average Bonchev–Trinajstić information content (AvgIpc) is 3.33. The Kier molecular flexibility index (Phi) is 8.26. The topological polar surface area (TPSA) is 80.6 Å². The number of rotatable bonds is 10. The van der Waals surface area contributed by atoms with Gasteiger partial charge in [0.25, 0.3) is 5.91 Å². The SMILES string of the molecule is O=C(O)CCc1ccc(Cn2ccc3ccc(F)cc32)cc1C(=O)NC1(CCc2cccc(F)c2)CCOCC1. The summed E-state index contributed by atoms with van der Waals surface area (Å²) in [4.78, 5) is 25.2. The van der Waals surface area contributed by atoms with E-state index in [1.807, 2.05) is 35.0 Å². The maximum absolute atomic E-state index is 13.9. The van der Waals surface area contributed by atoms with E-state index in [1.165, 1.54) is 24.3 Å². The molecule has 4 aromatic rings. The maximum Gasteiger partial charge on any atom is 0.303 e. The van der Waals surface area contributed by atoms with E-state index in [1.54, 1.807) is 18.2 Å². The van der Waals surface area contributed by atoms with E-state index in [-0.39, 0.29) is 30.4 Å². The lowest BCUT2D eigenvalue weighted by Gasteiger charge is -2.38. The van der Waals surface area contributed by atoms with Gasteiger partial charge in [-0.15, -0.1) is 0 Å². The van der Waals surface area contributed by atoms with Crippen molar-refractivity contribution >= 4 is 22.8 Å². The number of aliphatic carboxylic acids is 1. The minimum Gasteiger partial charge on any atom is -0.481 e. The summed E-state index contributed by atoms with van der Waals surface area (Å²) in [5.41, 5.74) is 3.00. The molecule has 1 saturated heterocycles. The van der Waals surface area contributed by atoms with Crippen molar-refractivity contribution in [3.8, 4) is 0 Å². The van der Waals surface area contributed by atoms with Crippen molar-refractivity contribution in [2.24, 2.45) is 0 Å². The number of aromatic nitrogens is 1. The number of aryl methyl sites for hydroxylation is 2. The van der Waals surface area contributed by atoms with Gasteiger partial charge >= 0.3 is 5.97 Å². The highest BCUT2D eigenvalue weighted by Crippen LogP contribution is 2.28. The first-order valence-corrected chi connectivity index (χ1v) is 13.5. The number of fused-ring (bicyclic) bond motifs is 1. The number of hydrogen-bond acceptors (Lipinski definition) is 3. The van der Waals surface area contributed by atoms with E-state index < -0.39 is 11.5 Å². The first kappa shape index (κ1) is 27.5. The van der Waals surface area contributed by atoms with Crippen LogP contribution in [0.5, 0.6) is 0 Å². The van der Waals surface area contributed by atoms with Crippen molar-refractivity contribution in [2.45, 2.75) is 50.6 Å². The maximum atomic E-state index is 13.9. The molecule has 0 aliphatic carbocycles. The Morgan fingerprint density at radius 2 is 1.73 bits per heavy atom. The van der Waals surface area contributed by atoms with Crippen molar-refractivity contribution in [1.29, 1.82) is 0 Å². The van der Waals surface area contributed by atoms with Crippen LogP contribution in [-0.2, 0) is 28.9 Å². The summed E-state index contributed by atoms with van der Waals surface area (Å²) in [7, 11) is 0. The summed E-state index contributed by atoms with van der Waals surface area (Å²) in [6, 6.07) is 18.5. The lowest BCUT2D eigenvalue weighted by atomic mass is 9.83. The number of ether oxygens (including phenoxy) is 1. The first-order chi connectivity index (χ1) is 19.3. The van der Waals surface area contributed by atoms with E-state index >= 15 is 0 Å². The van der Waals surface area contributed by atoms with Gasteiger partial charge in [0.05, 0.1) is 5.52 Å². The molecule has 1 fully saturated rings. The predicted octanol–water partition coefficient (Wildman–Crippen LogP) is 5.90. The van der Waals surface area contributed by atoms with E-state index in [2.05, 4.69) is 5.32 Å².